The first-order valence-corrected chi connectivity index (χ1v) is 6.70. The van der Waals surface area contributed by atoms with Gasteiger partial charge in [0.25, 0.3) is 0 Å². The Morgan fingerprint density at radius 3 is 2.94 bits per heavy atom. The number of carbonyl (C=O) groups excluding carboxylic acids is 1. The highest BCUT2D eigenvalue weighted by molar-refractivity contribution is 5.82. The molecule has 0 bridgehead atoms. The molecule has 3 rings (SSSR count). The van der Waals surface area contributed by atoms with E-state index in [9.17, 15) is 4.79 Å². The highest BCUT2D eigenvalue weighted by atomic mass is 16.5. The quantitative estimate of drug-likeness (QED) is 0.798. The van der Waals surface area contributed by atoms with Gasteiger partial charge in [-0.05, 0) is 25.0 Å². The van der Waals surface area contributed by atoms with E-state index in [0.29, 0.717) is 31.5 Å². The van der Waals surface area contributed by atoms with E-state index >= 15 is 0 Å². The van der Waals surface area contributed by atoms with Gasteiger partial charge in [-0.2, -0.15) is 0 Å². The molecule has 0 spiro atoms. The number of carbonyl (C=O) groups is 1. The molecule has 1 saturated heterocycles. The van der Waals surface area contributed by atoms with Gasteiger partial charge >= 0.3 is 0 Å². The summed E-state index contributed by atoms with van der Waals surface area (Å²) in [4.78, 5) is 14.2. The van der Waals surface area contributed by atoms with Crippen molar-refractivity contribution in [2.24, 2.45) is 5.92 Å². The smallest absolute Gasteiger partial charge is 0.141 e. The summed E-state index contributed by atoms with van der Waals surface area (Å²) in [6.45, 7) is 2.79. The zero-order valence-electron chi connectivity index (χ0n) is 10.5. The summed E-state index contributed by atoms with van der Waals surface area (Å²) < 4.78 is 10.8. The number of furan rings is 1. The van der Waals surface area contributed by atoms with E-state index in [2.05, 4.69) is 4.90 Å². The van der Waals surface area contributed by atoms with E-state index < -0.39 is 0 Å². The van der Waals surface area contributed by atoms with Crippen molar-refractivity contribution in [3.05, 3.63) is 24.2 Å². The van der Waals surface area contributed by atoms with Crippen molar-refractivity contribution in [3.8, 4) is 0 Å². The van der Waals surface area contributed by atoms with Gasteiger partial charge in [0.2, 0.25) is 0 Å². The highest BCUT2D eigenvalue weighted by Crippen LogP contribution is 2.29. The van der Waals surface area contributed by atoms with Crippen LogP contribution in [0.1, 0.15) is 25.0 Å². The van der Waals surface area contributed by atoms with Crippen LogP contribution in [0.3, 0.4) is 0 Å². The molecule has 2 fully saturated rings. The summed E-state index contributed by atoms with van der Waals surface area (Å²) in [5.74, 6) is 1.38. The van der Waals surface area contributed by atoms with E-state index in [1.54, 1.807) is 6.26 Å². The molecule has 1 saturated carbocycles. The molecule has 18 heavy (non-hydrogen) atoms. The maximum atomic E-state index is 11.8. The van der Waals surface area contributed by atoms with Gasteiger partial charge in [-0.25, -0.2) is 0 Å². The Bertz CT molecular complexity index is 397. The van der Waals surface area contributed by atoms with E-state index in [1.165, 1.54) is 12.8 Å². The number of hydrogen-bond donors (Lipinski definition) is 0. The van der Waals surface area contributed by atoms with Crippen molar-refractivity contribution in [2.75, 3.05) is 19.8 Å². The minimum absolute atomic E-state index is 0.0503. The van der Waals surface area contributed by atoms with Gasteiger partial charge in [-0.15, -0.1) is 0 Å². The van der Waals surface area contributed by atoms with Crippen LogP contribution < -0.4 is 0 Å². The maximum absolute atomic E-state index is 11.8. The van der Waals surface area contributed by atoms with Crippen molar-refractivity contribution in [2.45, 2.75) is 31.8 Å². The molecule has 98 valence electrons. The fourth-order valence-corrected chi connectivity index (χ4v) is 2.52. The van der Waals surface area contributed by atoms with E-state index in [0.717, 1.165) is 18.8 Å². The van der Waals surface area contributed by atoms with Gasteiger partial charge in [0.15, 0.2) is 0 Å². The lowest BCUT2D eigenvalue weighted by Gasteiger charge is -2.28. The van der Waals surface area contributed by atoms with E-state index in [-0.39, 0.29) is 5.92 Å². The summed E-state index contributed by atoms with van der Waals surface area (Å²) >= 11 is 0. The molecule has 1 aromatic rings. The molecule has 4 nitrogen and oxygen atoms in total. The molecule has 1 aliphatic carbocycles. The number of rotatable bonds is 5. The third kappa shape index (κ3) is 2.82. The Kier molecular flexibility index (Phi) is 3.48. The molecule has 1 atom stereocenters. The van der Waals surface area contributed by atoms with E-state index in [1.807, 2.05) is 12.1 Å². The predicted octanol–water partition coefficient (Wildman–Crippen LogP) is 1.85. The molecule has 0 radical (unpaired) electrons. The average Bonchev–Trinajstić information content (AvgIpc) is 3.10. The minimum Gasteiger partial charge on any atom is -0.468 e. The molecule has 0 amide bonds. The summed E-state index contributed by atoms with van der Waals surface area (Å²) in [5, 5.41) is 0. The van der Waals surface area contributed by atoms with E-state index in [4.69, 9.17) is 9.15 Å². The van der Waals surface area contributed by atoms with Gasteiger partial charge in [0, 0.05) is 19.0 Å². The number of hydrogen-bond acceptors (Lipinski definition) is 4. The Morgan fingerprint density at radius 1 is 1.39 bits per heavy atom. The second kappa shape index (κ2) is 5.24. The van der Waals surface area contributed by atoms with Crippen LogP contribution in [0.2, 0.25) is 0 Å². The molecule has 1 aromatic heterocycles. The van der Waals surface area contributed by atoms with Crippen molar-refractivity contribution in [3.63, 3.8) is 0 Å². The van der Waals surface area contributed by atoms with Crippen LogP contribution in [0.5, 0.6) is 0 Å². The lowest BCUT2D eigenvalue weighted by atomic mass is 10.00. The van der Waals surface area contributed by atoms with Crippen molar-refractivity contribution < 1.29 is 13.9 Å². The molecule has 2 aliphatic rings. The maximum Gasteiger partial charge on any atom is 0.141 e. The molecule has 0 N–H and O–H groups in total. The fraction of sp³-hybridized carbons (Fsp3) is 0.643. The van der Waals surface area contributed by atoms with Crippen LogP contribution >= 0.6 is 0 Å². The Labute approximate surface area is 107 Å². The highest BCUT2D eigenvalue weighted by Gasteiger charge is 2.33. The lowest BCUT2D eigenvalue weighted by molar-refractivity contribution is -0.131. The molecule has 1 unspecified atom stereocenters. The third-order valence-corrected chi connectivity index (χ3v) is 3.72. The molecular formula is C14H19NO3. The third-order valence-electron chi connectivity index (χ3n) is 3.72. The minimum atomic E-state index is 0.0503. The van der Waals surface area contributed by atoms with Crippen molar-refractivity contribution in [1.82, 2.24) is 4.90 Å². The first kappa shape index (κ1) is 11.9. The van der Waals surface area contributed by atoms with Gasteiger partial charge < -0.3 is 9.15 Å². The summed E-state index contributed by atoms with van der Waals surface area (Å²) in [6, 6.07) is 4.54. The largest absolute Gasteiger partial charge is 0.468 e. The topological polar surface area (TPSA) is 42.7 Å². The van der Waals surface area contributed by atoms with Gasteiger partial charge in [-0.3, -0.25) is 9.69 Å². The first-order chi connectivity index (χ1) is 8.83. The average molecular weight is 249 g/mol. The van der Waals surface area contributed by atoms with Crippen LogP contribution in [0, 0.1) is 5.92 Å². The van der Waals surface area contributed by atoms with Crippen LogP contribution in [0.15, 0.2) is 22.8 Å². The standard InChI is InChI=1S/C14H19NO3/c16-14-5-7-17-10-11(14)8-15(12-3-4-12)9-13-2-1-6-18-13/h1-2,6,11-12H,3-5,7-10H2. The second-order valence-electron chi connectivity index (χ2n) is 5.23. The zero-order chi connectivity index (χ0) is 12.4. The van der Waals surface area contributed by atoms with Gasteiger partial charge in [0.05, 0.1) is 31.9 Å². The molecule has 0 aromatic carbocycles. The Hall–Kier alpha value is -1.13. The predicted molar refractivity (Wildman–Crippen MR) is 66.1 cm³/mol. The molecule has 2 heterocycles. The number of ether oxygens (including phenoxy) is 1. The summed E-state index contributed by atoms with van der Waals surface area (Å²) in [5.41, 5.74) is 0. The van der Waals surface area contributed by atoms with Crippen molar-refractivity contribution >= 4 is 5.78 Å². The molecule has 4 heteroatoms. The summed E-state index contributed by atoms with van der Waals surface area (Å²) in [7, 11) is 0. The second-order valence-corrected chi connectivity index (χ2v) is 5.23. The number of nitrogens with zero attached hydrogens (tertiary/aromatic N) is 1. The van der Waals surface area contributed by atoms with Crippen molar-refractivity contribution in [1.29, 1.82) is 0 Å². The fourth-order valence-electron chi connectivity index (χ4n) is 2.52. The number of Topliss-reactive ketones (excluding diaryl/α,β-unsaturated/α-hetero) is 1. The van der Waals surface area contributed by atoms with Crippen LogP contribution in [0.25, 0.3) is 0 Å². The summed E-state index contributed by atoms with van der Waals surface area (Å²) in [6.07, 6.45) is 4.75. The van der Waals surface area contributed by atoms with Gasteiger partial charge in [-0.1, -0.05) is 0 Å². The number of ketones is 1. The van der Waals surface area contributed by atoms with Crippen LogP contribution in [-0.4, -0.2) is 36.5 Å². The SMILES string of the molecule is O=C1CCOCC1CN(Cc1ccco1)C1CC1. The Morgan fingerprint density at radius 2 is 2.28 bits per heavy atom. The monoisotopic (exact) mass is 249 g/mol. The van der Waals surface area contributed by atoms with Crippen LogP contribution in [-0.2, 0) is 16.1 Å². The lowest BCUT2D eigenvalue weighted by Crippen LogP contribution is -2.39. The Balaban J connectivity index is 1.61. The normalized spacial score (nSPS) is 24.7. The molecule has 1 aliphatic heterocycles. The molecular weight excluding hydrogens is 230 g/mol. The van der Waals surface area contributed by atoms with Gasteiger partial charge in [0.1, 0.15) is 11.5 Å². The van der Waals surface area contributed by atoms with Crippen LogP contribution in [0.4, 0.5) is 0 Å². The first-order valence-electron chi connectivity index (χ1n) is 6.70. The zero-order valence-corrected chi connectivity index (χ0v) is 10.5.